The topological polar surface area (TPSA) is 34.9 Å². The molecular weight excluding hydrogens is 256 g/mol. The number of aromatic nitrogens is 2. The highest BCUT2D eigenvalue weighted by molar-refractivity contribution is 9.10. The standard InChI is InChI=1S/C11H13BrN2O/c1-2-5-14-11(10(12)7-13-14)8-3-4-9(15)6-8/h6-7H,2-5H2,1H3. The fraction of sp³-hybridized carbons (Fsp3) is 0.455. The van der Waals surface area contributed by atoms with Crippen molar-refractivity contribution >= 4 is 27.3 Å². The number of rotatable bonds is 3. The van der Waals surface area contributed by atoms with Crippen LogP contribution in [-0.2, 0) is 11.3 Å². The zero-order valence-electron chi connectivity index (χ0n) is 8.66. The van der Waals surface area contributed by atoms with Crippen molar-refractivity contribution in [1.29, 1.82) is 0 Å². The van der Waals surface area contributed by atoms with Crippen molar-refractivity contribution in [2.24, 2.45) is 0 Å². The predicted molar refractivity (Wildman–Crippen MR) is 62.4 cm³/mol. The van der Waals surface area contributed by atoms with Crippen molar-refractivity contribution in [3.8, 4) is 0 Å². The monoisotopic (exact) mass is 268 g/mol. The molecule has 0 amide bonds. The molecule has 0 spiro atoms. The molecule has 1 heterocycles. The molecule has 80 valence electrons. The van der Waals surface area contributed by atoms with Gasteiger partial charge in [0, 0.05) is 13.0 Å². The first-order valence-electron chi connectivity index (χ1n) is 5.17. The van der Waals surface area contributed by atoms with Gasteiger partial charge in [-0.2, -0.15) is 5.10 Å². The molecule has 0 N–H and O–H groups in total. The SMILES string of the molecule is CCCn1ncc(Br)c1C1=CC(=O)CC1. The number of hydrogen-bond acceptors (Lipinski definition) is 2. The fourth-order valence-corrected chi connectivity index (χ4v) is 2.40. The molecule has 1 aliphatic rings. The van der Waals surface area contributed by atoms with Crippen LogP contribution >= 0.6 is 15.9 Å². The maximum atomic E-state index is 11.2. The van der Waals surface area contributed by atoms with Gasteiger partial charge in [-0.3, -0.25) is 9.48 Å². The molecule has 0 saturated heterocycles. The van der Waals surface area contributed by atoms with Crippen LogP contribution in [-0.4, -0.2) is 15.6 Å². The van der Waals surface area contributed by atoms with Gasteiger partial charge in [-0.15, -0.1) is 0 Å². The van der Waals surface area contributed by atoms with E-state index in [2.05, 4.69) is 28.0 Å². The summed E-state index contributed by atoms with van der Waals surface area (Å²) in [5.41, 5.74) is 2.18. The molecule has 3 nitrogen and oxygen atoms in total. The second kappa shape index (κ2) is 4.31. The van der Waals surface area contributed by atoms with Crippen LogP contribution in [0.2, 0.25) is 0 Å². The highest BCUT2D eigenvalue weighted by atomic mass is 79.9. The van der Waals surface area contributed by atoms with Gasteiger partial charge in [0.25, 0.3) is 0 Å². The summed E-state index contributed by atoms with van der Waals surface area (Å²) in [5, 5.41) is 4.29. The first kappa shape index (κ1) is 10.6. The van der Waals surface area contributed by atoms with E-state index in [-0.39, 0.29) is 5.78 Å². The predicted octanol–water partition coefficient (Wildman–Crippen LogP) is 2.80. The molecule has 0 radical (unpaired) electrons. The molecule has 1 aromatic rings. The van der Waals surface area contributed by atoms with E-state index in [4.69, 9.17) is 0 Å². The van der Waals surface area contributed by atoms with Crippen molar-refractivity contribution in [2.45, 2.75) is 32.7 Å². The highest BCUT2D eigenvalue weighted by Crippen LogP contribution is 2.31. The van der Waals surface area contributed by atoms with E-state index in [0.717, 1.165) is 35.1 Å². The van der Waals surface area contributed by atoms with E-state index in [1.807, 2.05) is 4.68 Å². The third-order valence-corrected chi connectivity index (χ3v) is 3.09. The molecule has 0 bridgehead atoms. The van der Waals surface area contributed by atoms with Gasteiger partial charge in [-0.05, 0) is 40.4 Å². The summed E-state index contributed by atoms with van der Waals surface area (Å²) in [6.07, 6.45) is 6.07. The van der Waals surface area contributed by atoms with Crippen LogP contribution in [0.15, 0.2) is 16.7 Å². The van der Waals surface area contributed by atoms with Crippen LogP contribution < -0.4 is 0 Å². The Morgan fingerprint density at radius 1 is 1.53 bits per heavy atom. The van der Waals surface area contributed by atoms with Crippen molar-refractivity contribution in [3.05, 3.63) is 22.4 Å². The minimum Gasteiger partial charge on any atom is -0.295 e. The van der Waals surface area contributed by atoms with E-state index in [9.17, 15) is 4.79 Å². The Balaban J connectivity index is 2.37. The number of carbonyl (C=O) groups excluding carboxylic acids is 1. The van der Waals surface area contributed by atoms with Crippen LogP contribution in [0.5, 0.6) is 0 Å². The summed E-state index contributed by atoms with van der Waals surface area (Å²) in [7, 11) is 0. The molecule has 1 aromatic heterocycles. The lowest BCUT2D eigenvalue weighted by atomic mass is 10.1. The summed E-state index contributed by atoms with van der Waals surface area (Å²) in [6.45, 7) is 3.01. The second-order valence-corrected chi connectivity index (χ2v) is 4.55. The average molecular weight is 269 g/mol. The Bertz CT molecular complexity index is 420. The molecule has 0 aliphatic heterocycles. The summed E-state index contributed by atoms with van der Waals surface area (Å²) in [4.78, 5) is 11.2. The Kier molecular flexibility index (Phi) is 3.05. The van der Waals surface area contributed by atoms with Gasteiger partial charge in [0.1, 0.15) is 0 Å². The number of carbonyl (C=O) groups is 1. The maximum Gasteiger partial charge on any atom is 0.156 e. The van der Waals surface area contributed by atoms with Gasteiger partial charge in [0.05, 0.1) is 16.4 Å². The van der Waals surface area contributed by atoms with Crippen molar-refractivity contribution < 1.29 is 4.79 Å². The largest absolute Gasteiger partial charge is 0.295 e. The first-order chi connectivity index (χ1) is 7.22. The van der Waals surface area contributed by atoms with Crippen LogP contribution in [0.1, 0.15) is 31.9 Å². The fourth-order valence-electron chi connectivity index (χ4n) is 1.85. The normalized spacial score (nSPS) is 15.9. The Labute approximate surface area is 97.3 Å². The van der Waals surface area contributed by atoms with Crippen LogP contribution in [0, 0.1) is 0 Å². The smallest absolute Gasteiger partial charge is 0.156 e. The Morgan fingerprint density at radius 2 is 2.33 bits per heavy atom. The third kappa shape index (κ3) is 2.04. The van der Waals surface area contributed by atoms with Crippen LogP contribution in [0.25, 0.3) is 5.57 Å². The molecule has 0 unspecified atom stereocenters. The molecular formula is C11H13BrN2O. The average Bonchev–Trinajstić information content (AvgIpc) is 2.74. The van der Waals surface area contributed by atoms with E-state index in [1.165, 1.54) is 0 Å². The quantitative estimate of drug-likeness (QED) is 0.845. The number of hydrogen-bond donors (Lipinski definition) is 0. The van der Waals surface area contributed by atoms with Gasteiger partial charge in [-0.1, -0.05) is 6.92 Å². The van der Waals surface area contributed by atoms with Gasteiger partial charge in [0.2, 0.25) is 0 Å². The van der Waals surface area contributed by atoms with Gasteiger partial charge >= 0.3 is 0 Å². The highest BCUT2D eigenvalue weighted by Gasteiger charge is 2.19. The molecule has 0 fully saturated rings. The number of allylic oxidation sites excluding steroid dienone is 2. The zero-order valence-corrected chi connectivity index (χ0v) is 10.2. The molecule has 0 saturated carbocycles. The summed E-state index contributed by atoms with van der Waals surface area (Å²) >= 11 is 3.48. The molecule has 1 aliphatic carbocycles. The lowest BCUT2D eigenvalue weighted by molar-refractivity contribution is -0.114. The lowest BCUT2D eigenvalue weighted by Crippen LogP contribution is -2.03. The first-order valence-corrected chi connectivity index (χ1v) is 5.96. The minimum absolute atomic E-state index is 0.223. The number of aryl methyl sites for hydroxylation is 1. The maximum absolute atomic E-state index is 11.2. The van der Waals surface area contributed by atoms with E-state index in [1.54, 1.807) is 12.3 Å². The second-order valence-electron chi connectivity index (χ2n) is 3.70. The van der Waals surface area contributed by atoms with Crippen LogP contribution in [0.3, 0.4) is 0 Å². The van der Waals surface area contributed by atoms with E-state index < -0.39 is 0 Å². The van der Waals surface area contributed by atoms with E-state index >= 15 is 0 Å². The Hall–Kier alpha value is -0.900. The van der Waals surface area contributed by atoms with Crippen molar-refractivity contribution in [2.75, 3.05) is 0 Å². The molecule has 0 aromatic carbocycles. The molecule has 2 rings (SSSR count). The zero-order chi connectivity index (χ0) is 10.8. The number of halogens is 1. The molecule has 4 heteroatoms. The third-order valence-electron chi connectivity index (χ3n) is 2.51. The van der Waals surface area contributed by atoms with Crippen molar-refractivity contribution in [1.82, 2.24) is 9.78 Å². The molecule has 15 heavy (non-hydrogen) atoms. The molecule has 0 atom stereocenters. The van der Waals surface area contributed by atoms with E-state index in [0.29, 0.717) is 6.42 Å². The van der Waals surface area contributed by atoms with Gasteiger partial charge < -0.3 is 0 Å². The lowest BCUT2D eigenvalue weighted by Gasteiger charge is -2.06. The van der Waals surface area contributed by atoms with Crippen LogP contribution in [0.4, 0.5) is 0 Å². The van der Waals surface area contributed by atoms with Gasteiger partial charge in [-0.25, -0.2) is 0 Å². The van der Waals surface area contributed by atoms with Gasteiger partial charge in [0.15, 0.2) is 5.78 Å². The minimum atomic E-state index is 0.223. The number of ketones is 1. The number of nitrogens with zero attached hydrogens (tertiary/aromatic N) is 2. The van der Waals surface area contributed by atoms with Crippen molar-refractivity contribution in [3.63, 3.8) is 0 Å². The Morgan fingerprint density at radius 3 is 2.93 bits per heavy atom. The summed E-state index contributed by atoms with van der Waals surface area (Å²) < 4.78 is 2.95. The summed E-state index contributed by atoms with van der Waals surface area (Å²) in [6, 6.07) is 0. The summed E-state index contributed by atoms with van der Waals surface area (Å²) in [5.74, 6) is 0.223.